The van der Waals surface area contributed by atoms with Crippen LogP contribution in [0.25, 0.3) is 0 Å². The first-order valence-electron chi connectivity index (χ1n) is 17.2. The van der Waals surface area contributed by atoms with Crippen LogP contribution < -0.4 is 11.1 Å². The molecular weight excluding hydrogens is 522 g/mol. The summed E-state index contributed by atoms with van der Waals surface area (Å²) in [6.45, 7) is 11.5. The van der Waals surface area contributed by atoms with Crippen LogP contribution in [0.3, 0.4) is 0 Å². The molecule has 0 radical (unpaired) electrons. The third-order valence-electron chi connectivity index (χ3n) is 11.0. The molecule has 3 N–H and O–H groups in total. The molecule has 1 aromatic carbocycles. The molecular formula is C36H57N3O3. The molecule has 0 bridgehead atoms. The van der Waals surface area contributed by atoms with Crippen LogP contribution in [0.5, 0.6) is 0 Å². The van der Waals surface area contributed by atoms with E-state index >= 15 is 0 Å². The minimum absolute atomic E-state index is 0.0131. The summed E-state index contributed by atoms with van der Waals surface area (Å²) in [6, 6.07) is 5.47. The number of amides is 3. The number of nitrogens with zero attached hydrogens (tertiary/aromatic N) is 1. The van der Waals surface area contributed by atoms with Gasteiger partial charge in [-0.2, -0.15) is 0 Å². The Morgan fingerprint density at radius 1 is 0.762 bits per heavy atom. The quantitative estimate of drug-likeness (QED) is 0.293. The van der Waals surface area contributed by atoms with Gasteiger partial charge >= 0.3 is 0 Å². The van der Waals surface area contributed by atoms with Gasteiger partial charge in [-0.05, 0) is 125 Å². The van der Waals surface area contributed by atoms with Gasteiger partial charge in [0.15, 0.2) is 0 Å². The van der Waals surface area contributed by atoms with Crippen LogP contribution >= 0.6 is 0 Å². The fourth-order valence-corrected chi connectivity index (χ4v) is 8.20. The van der Waals surface area contributed by atoms with Crippen LogP contribution in [0, 0.1) is 35.5 Å². The first kappa shape index (κ1) is 32.5. The maximum absolute atomic E-state index is 14.4. The molecule has 6 heteroatoms. The fourth-order valence-electron chi connectivity index (χ4n) is 8.20. The van der Waals surface area contributed by atoms with Crippen molar-refractivity contribution in [1.29, 1.82) is 0 Å². The van der Waals surface area contributed by atoms with E-state index in [1.165, 1.54) is 12.8 Å². The standard InChI is InChI=1S/C36H57N3O3/c1-6-7-25-8-10-28(11-9-25)35(41)38-31-21-29(34(37)40)20-30(22-31)36(42)39(32-16-12-26(13-17-32)23(2)3)33-18-14-27(15-19-33)24(4)5/h20-28,32-33H,6-19H2,1-5H3,(H2,37,40)(H,38,41)/t25-,26-,27-,28+,32+,33+. The van der Waals surface area contributed by atoms with Crippen molar-refractivity contribution in [3.63, 3.8) is 0 Å². The third kappa shape index (κ3) is 8.17. The summed E-state index contributed by atoms with van der Waals surface area (Å²) in [6.07, 6.45) is 15.1. The predicted molar refractivity (Wildman–Crippen MR) is 171 cm³/mol. The zero-order chi connectivity index (χ0) is 30.4. The van der Waals surface area contributed by atoms with Crippen LogP contribution in [0.15, 0.2) is 18.2 Å². The van der Waals surface area contributed by atoms with Crippen molar-refractivity contribution in [2.75, 3.05) is 5.32 Å². The minimum atomic E-state index is -0.582. The number of nitrogens with two attached hydrogens (primary N) is 1. The van der Waals surface area contributed by atoms with E-state index in [1.54, 1.807) is 18.2 Å². The largest absolute Gasteiger partial charge is 0.366 e. The lowest BCUT2D eigenvalue weighted by Crippen LogP contribution is -2.50. The third-order valence-corrected chi connectivity index (χ3v) is 11.0. The second-order valence-corrected chi connectivity index (χ2v) is 14.5. The zero-order valence-electron chi connectivity index (χ0n) is 27.0. The number of anilines is 1. The lowest BCUT2D eigenvalue weighted by Gasteiger charge is -2.45. The Morgan fingerprint density at radius 3 is 1.71 bits per heavy atom. The number of primary amides is 1. The van der Waals surface area contributed by atoms with Crippen LogP contribution in [-0.2, 0) is 4.79 Å². The summed E-state index contributed by atoms with van der Waals surface area (Å²) in [5.74, 6) is 2.83. The van der Waals surface area contributed by atoms with Gasteiger partial charge in [0.25, 0.3) is 5.91 Å². The average Bonchev–Trinajstić information content (AvgIpc) is 2.98. The zero-order valence-corrected chi connectivity index (χ0v) is 27.0. The van der Waals surface area contributed by atoms with Crippen LogP contribution in [0.2, 0.25) is 0 Å². The molecule has 234 valence electrons. The average molecular weight is 580 g/mol. The van der Waals surface area contributed by atoms with Crippen molar-refractivity contribution < 1.29 is 14.4 Å². The molecule has 3 amide bonds. The highest BCUT2D eigenvalue weighted by Crippen LogP contribution is 2.39. The molecule has 0 aliphatic heterocycles. The Hall–Kier alpha value is -2.37. The smallest absolute Gasteiger partial charge is 0.254 e. The van der Waals surface area contributed by atoms with Gasteiger partial charge in [-0.15, -0.1) is 0 Å². The van der Waals surface area contributed by atoms with Gasteiger partial charge in [-0.3, -0.25) is 14.4 Å². The van der Waals surface area contributed by atoms with E-state index in [0.717, 1.165) is 83.0 Å². The minimum Gasteiger partial charge on any atom is -0.366 e. The molecule has 0 heterocycles. The van der Waals surface area contributed by atoms with E-state index in [-0.39, 0.29) is 35.4 Å². The molecule has 0 spiro atoms. The summed E-state index contributed by atoms with van der Waals surface area (Å²) in [4.78, 5) is 42.3. The van der Waals surface area contributed by atoms with Crippen molar-refractivity contribution in [2.24, 2.45) is 41.2 Å². The molecule has 3 aliphatic carbocycles. The van der Waals surface area contributed by atoms with Crippen molar-refractivity contribution in [2.45, 2.75) is 137 Å². The number of benzene rings is 1. The molecule has 3 saturated carbocycles. The van der Waals surface area contributed by atoms with Crippen molar-refractivity contribution >= 4 is 23.4 Å². The number of carbonyl (C=O) groups excluding carboxylic acids is 3. The van der Waals surface area contributed by atoms with E-state index < -0.39 is 5.91 Å². The number of rotatable bonds is 10. The first-order valence-corrected chi connectivity index (χ1v) is 17.2. The van der Waals surface area contributed by atoms with E-state index in [0.29, 0.717) is 34.9 Å². The Morgan fingerprint density at radius 2 is 1.26 bits per heavy atom. The second kappa shape index (κ2) is 14.9. The van der Waals surface area contributed by atoms with E-state index in [2.05, 4.69) is 44.8 Å². The number of nitrogens with one attached hydrogen (secondary N) is 1. The first-order chi connectivity index (χ1) is 20.1. The summed E-state index contributed by atoms with van der Waals surface area (Å²) >= 11 is 0. The van der Waals surface area contributed by atoms with Crippen LogP contribution in [0.4, 0.5) is 5.69 Å². The Labute approximate surface area is 254 Å². The number of carbonyl (C=O) groups is 3. The monoisotopic (exact) mass is 579 g/mol. The Kier molecular flexibility index (Phi) is 11.5. The SMILES string of the molecule is CCC[C@H]1CC[C@@H](C(=O)Nc2cc(C(N)=O)cc(C(=O)N([C@H]3CC[C@@H](C(C)C)CC3)[C@H]3CC[C@@H](C(C)C)CC3)c2)CC1. The topological polar surface area (TPSA) is 92.5 Å². The van der Waals surface area contributed by atoms with E-state index in [9.17, 15) is 14.4 Å². The molecule has 3 fully saturated rings. The fraction of sp³-hybridized carbons (Fsp3) is 0.750. The molecule has 42 heavy (non-hydrogen) atoms. The van der Waals surface area contributed by atoms with Crippen molar-refractivity contribution in [3.05, 3.63) is 29.3 Å². The summed E-state index contributed by atoms with van der Waals surface area (Å²) < 4.78 is 0. The Balaban J connectivity index is 1.55. The van der Waals surface area contributed by atoms with Gasteiger partial charge in [0.1, 0.15) is 0 Å². The molecule has 4 rings (SSSR count). The predicted octanol–water partition coefficient (Wildman–Crippen LogP) is 8.20. The lowest BCUT2D eigenvalue weighted by molar-refractivity contribution is -0.121. The second-order valence-electron chi connectivity index (χ2n) is 14.5. The maximum atomic E-state index is 14.4. The van der Waals surface area contributed by atoms with Gasteiger partial charge in [0, 0.05) is 34.8 Å². The van der Waals surface area contributed by atoms with Crippen LogP contribution in [-0.4, -0.2) is 34.7 Å². The molecule has 0 atom stereocenters. The van der Waals surface area contributed by atoms with Gasteiger partial charge in [-0.25, -0.2) is 0 Å². The van der Waals surface area contributed by atoms with E-state index in [4.69, 9.17) is 5.73 Å². The summed E-state index contributed by atoms with van der Waals surface area (Å²) in [7, 11) is 0. The highest BCUT2D eigenvalue weighted by Gasteiger charge is 2.37. The normalized spacial score (nSPS) is 28.5. The number of hydrogen-bond acceptors (Lipinski definition) is 3. The molecule has 1 aromatic rings. The summed E-state index contributed by atoms with van der Waals surface area (Å²) in [5.41, 5.74) is 6.98. The van der Waals surface area contributed by atoms with Crippen molar-refractivity contribution in [1.82, 2.24) is 4.90 Å². The summed E-state index contributed by atoms with van der Waals surface area (Å²) in [5, 5.41) is 3.07. The van der Waals surface area contributed by atoms with Gasteiger partial charge in [0.2, 0.25) is 11.8 Å². The van der Waals surface area contributed by atoms with E-state index in [1.807, 2.05) is 0 Å². The highest BCUT2D eigenvalue weighted by atomic mass is 16.2. The highest BCUT2D eigenvalue weighted by molar-refractivity contribution is 6.02. The van der Waals surface area contributed by atoms with Gasteiger partial charge in [0.05, 0.1) is 0 Å². The molecule has 6 nitrogen and oxygen atoms in total. The Bertz CT molecular complexity index is 1030. The molecule has 0 aromatic heterocycles. The van der Waals surface area contributed by atoms with Crippen LogP contribution in [0.1, 0.15) is 145 Å². The molecule has 0 saturated heterocycles. The molecule has 0 unspecified atom stereocenters. The maximum Gasteiger partial charge on any atom is 0.254 e. The van der Waals surface area contributed by atoms with Crippen molar-refractivity contribution in [3.8, 4) is 0 Å². The van der Waals surface area contributed by atoms with Gasteiger partial charge in [-0.1, -0.05) is 47.5 Å². The number of hydrogen-bond donors (Lipinski definition) is 2. The van der Waals surface area contributed by atoms with Gasteiger partial charge < -0.3 is 16.0 Å². The molecule has 3 aliphatic rings. The lowest BCUT2D eigenvalue weighted by atomic mass is 9.76.